The van der Waals surface area contributed by atoms with Gasteiger partial charge < -0.3 is 0 Å². The Bertz CT molecular complexity index is 3380. The van der Waals surface area contributed by atoms with Crippen LogP contribution in [0.4, 0.5) is 0 Å². The van der Waals surface area contributed by atoms with Gasteiger partial charge in [0, 0.05) is 0 Å². The molecule has 0 atom stereocenters. The minimum atomic E-state index is 1.25. The summed E-state index contributed by atoms with van der Waals surface area (Å²) in [5, 5.41) is 12.9. The molecule has 11 aromatic carbocycles. The van der Waals surface area contributed by atoms with Crippen molar-refractivity contribution in [3.8, 4) is 77.9 Å². The maximum Gasteiger partial charge on any atom is -0.000718 e. The SMILES string of the molecule is c1ccc2c(-c3c4c(c(-c5cccc6ccccc56)c5ccccc35)-c3ccc(-c5ccc6c(c5)-c5cccc7cccc-6c57)c5cccc-4c35)cccc2c1. The average molecular weight is 705 g/mol. The first kappa shape index (κ1) is 30.1. The Hall–Kier alpha value is -7.28. The third-order valence-electron chi connectivity index (χ3n) is 12.7. The maximum absolute atomic E-state index is 2.44. The fourth-order valence-electron chi connectivity index (χ4n) is 10.5. The lowest BCUT2D eigenvalue weighted by molar-refractivity contribution is 1.65. The molecule has 0 fully saturated rings. The van der Waals surface area contributed by atoms with E-state index in [-0.39, 0.29) is 0 Å². The normalized spacial score (nSPS) is 12.3. The Morgan fingerprint density at radius 3 is 1.27 bits per heavy atom. The van der Waals surface area contributed by atoms with Crippen molar-refractivity contribution in [1.29, 1.82) is 0 Å². The van der Waals surface area contributed by atoms with Crippen LogP contribution in [0.5, 0.6) is 0 Å². The summed E-state index contributed by atoms with van der Waals surface area (Å²) in [5.41, 5.74) is 18.3. The lowest BCUT2D eigenvalue weighted by Crippen LogP contribution is -1.94. The standard InChI is InChI=1S/C56H32/c1-3-18-37-33(12-1)14-7-22-42(37)53-45-20-5-6-21-46(45)54(43-23-8-15-34-13-2-4-19-38(34)43)56-49-31-30-39(41-26-11-27-48(52(41)49)55(53)56)36-28-29-40-44-24-9-16-35-17-10-25-47(51(35)44)50(40)32-36/h1-32H. The summed E-state index contributed by atoms with van der Waals surface area (Å²) >= 11 is 0. The molecule has 0 saturated carbocycles. The lowest BCUT2D eigenvalue weighted by Gasteiger charge is -2.22. The molecule has 0 aromatic heterocycles. The van der Waals surface area contributed by atoms with Crippen LogP contribution in [0.25, 0.3) is 132 Å². The molecule has 2 aliphatic carbocycles. The molecule has 2 aliphatic rings. The molecule has 0 spiro atoms. The van der Waals surface area contributed by atoms with Gasteiger partial charge in [0.05, 0.1) is 0 Å². The van der Waals surface area contributed by atoms with E-state index in [1.165, 1.54) is 132 Å². The topological polar surface area (TPSA) is 0 Å². The van der Waals surface area contributed by atoms with Crippen LogP contribution >= 0.6 is 0 Å². The highest BCUT2D eigenvalue weighted by atomic mass is 14.3. The Morgan fingerprint density at radius 2 is 0.625 bits per heavy atom. The molecule has 0 heterocycles. The largest absolute Gasteiger partial charge is 0.0616 e. The smallest absolute Gasteiger partial charge is 0.000718 e. The molecule has 0 unspecified atom stereocenters. The van der Waals surface area contributed by atoms with Crippen LogP contribution in [-0.2, 0) is 0 Å². The zero-order valence-electron chi connectivity index (χ0n) is 30.5. The molecule has 11 aromatic rings. The molecule has 0 heteroatoms. The van der Waals surface area contributed by atoms with E-state index in [0.717, 1.165) is 0 Å². The third kappa shape index (κ3) is 3.93. The van der Waals surface area contributed by atoms with Crippen molar-refractivity contribution in [3.63, 3.8) is 0 Å². The van der Waals surface area contributed by atoms with Gasteiger partial charge >= 0.3 is 0 Å². The van der Waals surface area contributed by atoms with E-state index in [0.29, 0.717) is 0 Å². The second kappa shape index (κ2) is 11.1. The minimum Gasteiger partial charge on any atom is -0.0616 e. The van der Waals surface area contributed by atoms with Crippen molar-refractivity contribution in [2.45, 2.75) is 0 Å². The van der Waals surface area contributed by atoms with Crippen molar-refractivity contribution in [2.75, 3.05) is 0 Å². The first-order valence-electron chi connectivity index (χ1n) is 19.6. The van der Waals surface area contributed by atoms with E-state index in [2.05, 4.69) is 194 Å². The second-order valence-electron chi connectivity index (χ2n) is 15.5. The van der Waals surface area contributed by atoms with Gasteiger partial charge in [-0.15, -0.1) is 0 Å². The van der Waals surface area contributed by atoms with Gasteiger partial charge in [-0.3, -0.25) is 0 Å². The predicted octanol–water partition coefficient (Wildman–Crippen LogP) is 15.7. The fraction of sp³-hybridized carbons (Fsp3) is 0. The van der Waals surface area contributed by atoms with E-state index >= 15 is 0 Å². The number of hydrogen-bond acceptors (Lipinski definition) is 0. The van der Waals surface area contributed by atoms with Gasteiger partial charge in [-0.1, -0.05) is 188 Å². The highest BCUT2D eigenvalue weighted by Gasteiger charge is 2.32. The molecule has 0 saturated heterocycles. The number of benzene rings is 11. The summed E-state index contributed by atoms with van der Waals surface area (Å²) in [7, 11) is 0. The van der Waals surface area contributed by atoms with Crippen molar-refractivity contribution in [2.24, 2.45) is 0 Å². The Morgan fingerprint density at radius 1 is 0.196 bits per heavy atom. The van der Waals surface area contributed by atoms with Crippen LogP contribution in [0.1, 0.15) is 0 Å². The fourth-order valence-corrected chi connectivity index (χ4v) is 10.5. The summed E-state index contributed by atoms with van der Waals surface area (Å²) in [5.74, 6) is 0. The van der Waals surface area contributed by atoms with E-state index in [1.54, 1.807) is 0 Å². The molecule has 13 rings (SSSR count). The van der Waals surface area contributed by atoms with Crippen LogP contribution in [0.15, 0.2) is 194 Å². The number of rotatable bonds is 3. The van der Waals surface area contributed by atoms with Gasteiger partial charge in [0.15, 0.2) is 0 Å². The van der Waals surface area contributed by atoms with Gasteiger partial charge in [-0.25, -0.2) is 0 Å². The zero-order chi connectivity index (χ0) is 36.5. The highest BCUT2D eigenvalue weighted by molar-refractivity contribution is 6.31. The van der Waals surface area contributed by atoms with Gasteiger partial charge in [0.1, 0.15) is 0 Å². The first-order valence-corrected chi connectivity index (χ1v) is 19.6. The van der Waals surface area contributed by atoms with Crippen LogP contribution in [0, 0.1) is 0 Å². The number of hydrogen-bond donors (Lipinski definition) is 0. The van der Waals surface area contributed by atoms with Crippen molar-refractivity contribution < 1.29 is 0 Å². The quantitative estimate of drug-likeness (QED) is 0.172. The van der Waals surface area contributed by atoms with Crippen molar-refractivity contribution in [3.05, 3.63) is 194 Å². The van der Waals surface area contributed by atoms with Gasteiger partial charge in [-0.05, 0) is 138 Å². The average Bonchev–Trinajstić information content (AvgIpc) is 3.77. The van der Waals surface area contributed by atoms with Crippen LogP contribution in [-0.4, -0.2) is 0 Å². The molecule has 256 valence electrons. The van der Waals surface area contributed by atoms with Gasteiger partial charge in [0.25, 0.3) is 0 Å². The Balaban J connectivity index is 1.15. The van der Waals surface area contributed by atoms with E-state index < -0.39 is 0 Å². The first-order chi connectivity index (χ1) is 27.8. The van der Waals surface area contributed by atoms with Gasteiger partial charge in [-0.2, -0.15) is 0 Å². The molecule has 0 aliphatic heterocycles. The summed E-state index contributed by atoms with van der Waals surface area (Å²) in [6.07, 6.45) is 0. The summed E-state index contributed by atoms with van der Waals surface area (Å²) in [6.45, 7) is 0. The molecule has 0 amide bonds. The summed E-state index contributed by atoms with van der Waals surface area (Å²) in [4.78, 5) is 0. The van der Waals surface area contributed by atoms with E-state index in [4.69, 9.17) is 0 Å². The maximum atomic E-state index is 2.44. The van der Waals surface area contributed by atoms with Gasteiger partial charge in [0.2, 0.25) is 0 Å². The molecular weight excluding hydrogens is 673 g/mol. The van der Waals surface area contributed by atoms with Crippen LogP contribution in [0.2, 0.25) is 0 Å². The lowest BCUT2D eigenvalue weighted by atomic mass is 9.81. The Kier molecular flexibility index (Phi) is 5.98. The van der Waals surface area contributed by atoms with E-state index in [9.17, 15) is 0 Å². The molecule has 0 bridgehead atoms. The van der Waals surface area contributed by atoms with Crippen molar-refractivity contribution >= 4 is 53.9 Å². The molecule has 0 nitrogen and oxygen atoms in total. The highest BCUT2D eigenvalue weighted by Crippen LogP contribution is 2.60. The zero-order valence-corrected chi connectivity index (χ0v) is 30.5. The second-order valence-corrected chi connectivity index (χ2v) is 15.5. The molecule has 56 heavy (non-hydrogen) atoms. The van der Waals surface area contributed by atoms with E-state index in [1.807, 2.05) is 0 Å². The van der Waals surface area contributed by atoms with Crippen LogP contribution < -0.4 is 0 Å². The monoisotopic (exact) mass is 704 g/mol. The predicted molar refractivity (Wildman–Crippen MR) is 239 cm³/mol. The van der Waals surface area contributed by atoms with Crippen molar-refractivity contribution in [1.82, 2.24) is 0 Å². The summed E-state index contributed by atoms with van der Waals surface area (Å²) in [6, 6.07) is 72.8. The number of fused-ring (bicyclic) bond motifs is 9. The Labute approximate surface area is 324 Å². The van der Waals surface area contributed by atoms with Crippen LogP contribution in [0.3, 0.4) is 0 Å². The molecular formula is C56H32. The third-order valence-corrected chi connectivity index (χ3v) is 12.7. The minimum absolute atomic E-state index is 1.25. The molecule has 0 radical (unpaired) electrons. The summed E-state index contributed by atoms with van der Waals surface area (Å²) < 4.78 is 0. The molecule has 0 N–H and O–H groups in total.